The van der Waals surface area contributed by atoms with Gasteiger partial charge in [-0.05, 0) is 50.7 Å². The molecular formula is C16H26N2O. The van der Waals surface area contributed by atoms with Crippen LogP contribution >= 0.6 is 0 Å². The molecule has 0 bridgehead atoms. The third-order valence-corrected chi connectivity index (χ3v) is 4.12. The van der Waals surface area contributed by atoms with E-state index in [0.29, 0.717) is 5.92 Å². The van der Waals surface area contributed by atoms with Gasteiger partial charge in [-0.1, -0.05) is 13.3 Å². The molecule has 1 aromatic heterocycles. The lowest BCUT2D eigenvalue weighted by Crippen LogP contribution is -2.34. The molecule has 0 aromatic carbocycles. The molecule has 2 rings (SSSR count). The SMILES string of the molecule is CCC1CCC(N)C(c2cncc(OC(C)C)c2)C1. The number of hydrogen-bond donors (Lipinski definition) is 1. The maximum Gasteiger partial charge on any atom is 0.138 e. The first-order chi connectivity index (χ1) is 9.10. The summed E-state index contributed by atoms with van der Waals surface area (Å²) in [6.45, 7) is 6.34. The second-order valence-electron chi connectivity index (χ2n) is 5.98. The van der Waals surface area contributed by atoms with Crippen LogP contribution in [-0.2, 0) is 0 Å². The van der Waals surface area contributed by atoms with Crippen LogP contribution in [0, 0.1) is 5.92 Å². The Morgan fingerprint density at radius 2 is 2.16 bits per heavy atom. The number of hydrogen-bond acceptors (Lipinski definition) is 3. The van der Waals surface area contributed by atoms with Gasteiger partial charge in [-0.15, -0.1) is 0 Å². The van der Waals surface area contributed by atoms with Gasteiger partial charge in [-0.25, -0.2) is 0 Å². The van der Waals surface area contributed by atoms with Gasteiger partial charge in [0.25, 0.3) is 0 Å². The van der Waals surface area contributed by atoms with Crippen molar-refractivity contribution in [2.24, 2.45) is 11.7 Å². The summed E-state index contributed by atoms with van der Waals surface area (Å²) >= 11 is 0. The number of pyridine rings is 1. The van der Waals surface area contributed by atoms with Gasteiger partial charge in [-0.3, -0.25) is 4.98 Å². The average molecular weight is 262 g/mol. The molecule has 1 fully saturated rings. The van der Waals surface area contributed by atoms with Gasteiger partial charge in [0.05, 0.1) is 12.3 Å². The largest absolute Gasteiger partial charge is 0.489 e. The van der Waals surface area contributed by atoms with Gasteiger partial charge >= 0.3 is 0 Å². The minimum atomic E-state index is 0.181. The van der Waals surface area contributed by atoms with Crippen molar-refractivity contribution in [3.63, 3.8) is 0 Å². The molecule has 0 amide bonds. The third-order valence-electron chi connectivity index (χ3n) is 4.12. The highest BCUT2D eigenvalue weighted by atomic mass is 16.5. The third kappa shape index (κ3) is 3.69. The van der Waals surface area contributed by atoms with E-state index in [4.69, 9.17) is 10.5 Å². The second-order valence-corrected chi connectivity index (χ2v) is 5.98. The Kier molecular flexibility index (Phi) is 4.81. The summed E-state index contributed by atoms with van der Waals surface area (Å²) in [4.78, 5) is 4.32. The van der Waals surface area contributed by atoms with Crippen molar-refractivity contribution in [3.05, 3.63) is 24.0 Å². The number of nitrogens with two attached hydrogens (primary N) is 1. The number of nitrogens with zero attached hydrogens (tertiary/aromatic N) is 1. The van der Waals surface area contributed by atoms with E-state index in [1.165, 1.54) is 24.8 Å². The van der Waals surface area contributed by atoms with E-state index in [2.05, 4.69) is 18.0 Å². The summed E-state index contributed by atoms with van der Waals surface area (Å²) in [7, 11) is 0. The summed E-state index contributed by atoms with van der Waals surface area (Å²) in [5.74, 6) is 2.10. The van der Waals surface area contributed by atoms with E-state index in [-0.39, 0.29) is 12.1 Å². The molecule has 0 aliphatic heterocycles. The maximum absolute atomic E-state index is 6.31. The highest BCUT2D eigenvalue weighted by Gasteiger charge is 2.28. The molecule has 106 valence electrons. The van der Waals surface area contributed by atoms with Crippen LogP contribution in [0.2, 0.25) is 0 Å². The smallest absolute Gasteiger partial charge is 0.138 e. The molecule has 0 saturated heterocycles. The lowest BCUT2D eigenvalue weighted by molar-refractivity contribution is 0.240. The predicted octanol–water partition coefficient (Wildman–Crippen LogP) is 3.49. The van der Waals surface area contributed by atoms with E-state index >= 15 is 0 Å². The van der Waals surface area contributed by atoms with Gasteiger partial charge in [-0.2, -0.15) is 0 Å². The van der Waals surface area contributed by atoms with Gasteiger partial charge < -0.3 is 10.5 Å². The lowest BCUT2D eigenvalue weighted by Gasteiger charge is -2.34. The fourth-order valence-electron chi connectivity index (χ4n) is 3.01. The molecule has 3 unspecified atom stereocenters. The topological polar surface area (TPSA) is 48.1 Å². The molecule has 1 aromatic rings. The zero-order valence-corrected chi connectivity index (χ0v) is 12.3. The van der Waals surface area contributed by atoms with Crippen LogP contribution in [0.25, 0.3) is 0 Å². The monoisotopic (exact) mass is 262 g/mol. The highest BCUT2D eigenvalue weighted by molar-refractivity contribution is 5.28. The van der Waals surface area contributed by atoms with Crippen LogP contribution in [0.4, 0.5) is 0 Å². The van der Waals surface area contributed by atoms with Gasteiger partial charge in [0.1, 0.15) is 5.75 Å². The number of rotatable bonds is 4. The first kappa shape index (κ1) is 14.3. The summed E-state index contributed by atoms with van der Waals surface area (Å²) in [5.41, 5.74) is 7.55. The molecule has 1 aliphatic rings. The van der Waals surface area contributed by atoms with Gasteiger partial charge in [0.15, 0.2) is 0 Å². The minimum absolute atomic E-state index is 0.181. The molecule has 2 N–H and O–H groups in total. The lowest BCUT2D eigenvalue weighted by atomic mass is 9.74. The van der Waals surface area contributed by atoms with E-state index in [9.17, 15) is 0 Å². The van der Waals surface area contributed by atoms with Crippen LogP contribution in [0.1, 0.15) is 57.9 Å². The Balaban J connectivity index is 2.15. The van der Waals surface area contributed by atoms with Crippen LogP contribution in [0.5, 0.6) is 5.75 Å². The van der Waals surface area contributed by atoms with Crippen molar-refractivity contribution < 1.29 is 4.74 Å². The van der Waals surface area contributed by atoms with Crippen molar-refractivity contribution in [3.8, 4) is 5.75 Å². The second kappa shape index (κ2) is 6.38. The molecule has 3 atom stereocenters. The Morgan fingerprint density at radius 3 is 2.84 bits per heavy atom. The first-order valence-electron chi connectivity index (χ1n) is 7.47. The van der Waals surface area contributed by atoms with Crippen LogP contribution in [0.3, 0.4) is 0 Å². The molecule has 1 heterocycles. The van der Waals surface area contributed by atoms with Crippen molar-refractivity contribution in [1.82, 2.24) is 4.98 Å². The Labute approximate surface area is 116 Å². The Bertz CT molecular complexity index is 405. The van der Waals surface area contributed by atoms with Crippen LogP contribution in [-0.4, -0.2) is 17.1 Å². The fraction of sp³-hybridized carbons (Fsp3) is 0.688. The van der Waals surface area contributed by atoms with Crippen molar-refractivity contribution >= 4 is 0 Å². The van der Waals surface area contributed by atoms with Crippen molar-refractivity contribution in [1.29, 1.82) is 0 Å². The van der Waals surface area contributed by atoms with E-state index in [1.54, 1.807) is 6.20 Å². The summed E-state index contributed by atoms with van der Waals surface area (Å²) in [5, 5.41) is 0. The fourth-order valence-corrected chi connectivity index (χ4v) is 3.01. The van der Waals surface area contributed by atoms with E-state index < -0.39 is 0 Å². The zero-order valence-electron chi connectivity index (χ0n) is 12.3. The predicted molar refractivity (Wildman–Crippen MR) is 78.3 cm³/mol. The number of ether oxygens (including phenoxy) is 1. The minimum Gasteiger partial charge on any atom is -0.489 e. The molecule has 1 aliphatic carbocycles. The zero-order chi connectivity index (χ0) is 13.8. The Hall–Kier alpha value is -1.09. The van der Waals surface area contributed by atoms with Crippen LogP contribution in [0.15, 0.2) is 18.5 Å². The molecule has 0 radical (unpaired) electrons. The van der Waals surface area contributed by atoms with E-state index in [1.807, 2.05) is 20.0 Å². The highest BCUT2D eigenvalue weighted by Crippen LogP contribution is 2.37. The summed E-state index contributed by atoms with van der Waals surface area (Å²) in [6, 6.07) is 2.38. The maximum atomic E-state index is 6.31. The van der Waals surface area contributed by atoms with Gasteiger partial charge in [0, 0.05) is 18.2 Å². The summed E-state index contributed by atoms with van der Waals surface area (Å²) in [6.07, 6.45) is 8.75. The molecule has 3 nitrogen and oxygen atoms in total. The summed E-state index contributed by atoms with van der Waals surface area (Å²) < 4.78 is 5.73. The standard InChI is InChI=1S/C16H26N2O/c1-4-12-5-6-16(17)15(7-12)13-8-14(10-18-9-13)19-11(2)3/h8-12,15-16H,4-7,17H2,1-3H3. The van der Waals surface area contributed by atoms with E-state index in [0.717, 1.165) is 18.1 Å². The molecule has 0 spiro atoms. The number of aromatic nitrogens is 1. The molecule has 3 heteroatoms. The molecular weight excluding hydrogens is 236 g/mol. The molecule has 19 heavy (non-hydrogen) atoms. The normalized spacial score (nSPS) is 27.5. The average Bonchev–Trinajstić information content (AvgIpc) is 2.39. The Morgan fingerprint density at radius 1 is 1.37 bits per heavy atom. The van der Waals surface area contributed by atoms with Gasteiger partial charge in [0.2, 0.25) is 0 Å². The van der Waals surface area contributed by atoms with Crippen LogP contribution < -0.4 is 10.5 Å². The quantitative estimate of drug-likeness (QED) is 0.903. The first-order valence-corrected chi connectivity index (χ1v) is 7.47. The van der Waals surface area contributed by atoms with Crippen molar-refractivity contribution in [2.45, 2.75) is 64.5 Å². The molecule has 1 saturated carbocycles. The van der Waals surface area contributed by atoms with Crippen molar-refractivity contribution in [2.75, 3.05) is 0 Å².